The van der Waals surface area contributed by atoms with Gasteiger partial charge in [-0.1, -0.05) is 12.1 Å². The Kier molecular flexibility index (Phi) is 6.06. The second-order valence-electron chi connectivity index (χ2n) is 5.90. The van der Waals surface area contributed by atoms with Crippen molar-refractivity contribution in [3.63, 3.8) is 0 Å². The molecular weight excluding hydrogens is 321 g/mol. The van der Waals surface area contributed by atoms with Crippen LogP contribution >= 0.6 is 0 Å². The molecule has 0 bridgehead atoms. The number of morpholine rings is 1. The van der Waals surface area contributed by atoms with Crippen LogP contribution in [0.15, 0.2) is 29.3 Å². The summed E-state index contributed by atoms with van der Waals surface area (Å²) in [5.74, 6) is 0.400. The quantitative estimate of drug-likeness (QED) is 0.670. The van der Waals surface area contributed by atoms with E-state index in [2.05, 4.69) is 4.99 Å². The molecular formula is C16H23F3N4O. The maximum absolute atomic E-state index is 12.9. The fourth-order valence-corrected chi connectivity index (χ4v) is 2.56. The van der Waals surface area contributed by atoms with Gasteiger partial charge in [0.25, 0.3) is 0 Å². The molecule has 0 aliphatic carbocycles. The highest BCUT2D eigenvalue weighted by Crippen LogP contribution is 2.31. The predicted octanol–water partition coefficient (Wildman–Crippen LogP) is 1.96. The minimum atomic E-state index is -4.36. The largest absolute Gasteiger partial charge is 0.416 e. The van der Waals surface area contributed by atoms with E-state index in [1.165, 1.54) is 12.1 Å². The molecule has 0 spiro atoms. The number of rotatable bonds is 4. The summed E-state index contributed by atoms with van der Waals surface area (Å²) >= 11 is 0. The Labute approximate surface area is 139 Å². The molecule has 0 unspecified atom stereocenters. The Morgan fingerprint density at radius 2 is 2.00 bits per heavy atom. The smallest absolute Gasteiger partial charge is 0.378 e. The summed E-state index contributed by atoms with van der Waals surface area (Å²) in [6, 6.07) is 5.06. The SMILES string of the molecule is CN(C)[C@@H](CN=C(N)N1CCOCC1)c1cccc(C(F)(F)F)c1. The van der Waals surface area contributed by atoms with Crippen molar-refractivity contribution in [1.82, 2.24) is 9.80 Å². The highest BCUT2D eigenvalue weighted by atomic mass is 19.4. The molecule has 0 saturated carbocycles. The molecule has 1 fully saturated rings. The number of hydrogen-bond acceptors (Lipinski definition) is 3. The third kappa shape index (κ3) is 4.85. The van der Waals surface area contributed by atoms with E-state index < -0.39 is 11.7 Å². The van der Waals surface area contributed by atoms with Gasteiger partial charge in [0, 0.05) is 13.1 Å². The van der Waals surface area contributed by atoms with E-state index in [1.807, 2.05) is 23.9 Å². The fourth-order valence-electron chi connectivity index (χ4n) is 2.56. The van der Waals surface area contributed by atoms with E-state index in [4.69, 9.17) is 10.5 Å². The second-order valence-corrected chi connectivity index (χ2v) is 5.90. The van der Waals surface area contributed by atoms with E-state index in [9.17, 15) is 13.2 Å². The van der Waals surface area contributed by atoms with Crippen molar-refractivity contribution in [2.75, 3.05) is 46.9 Å². The normalized spacial score (nSPS) is 18.1. The first-order chi connectivity index (χ1) is 11.3. The van der Waals surface area contributed by atoms with Gasteiger partial charge in [-0.3, -0.25) is 4.99 Å². The predicted molar refractivity (Wildman–Crippen MR) is 86.8 cm³/mol. The molecule has 8 heteroatoms. The summed E-state index contributed by atoms with van der Waals surface area (Å²) in [7, 11) is 3.62. The van der Waals surface area contributed by atoms with E-state index in [0.29, 0.717) is 37.8 Å². The highest BCUT2D eigenvalue weighted by molar-refractivity contribution is 5.78. The van der Waals surface area contributed by atoms with Crippen molar-refractivity contribution in [2.45, 2.75) is 12.2 Å². The van der Waals surface area contributed by atoms with Crippen LogP contribution < -0.4 is 5.73 Å². The lowest BCUT2D eigenvalue weighted by molar-refractivity contribution is -0.137. The number of nitrogens with two attached hydrogens (primary N) is 1. The summed E-state index contributed by atoms with van der Waals surface area (Å²) in [5, 5.41) is 0. The van der Waals surface area contributed by atoms with Gasteiger partial charge in [0.05, 0.1) is 31.4 Å². The number of alkyl halides is 3. The fraction of sp³-hybridized carbons (Fsp3) is 0.562. The van der Waals surface area contributed by atoms with Gasteiger partial charge in [-0.15, -0.1) is 0 Å². The number of ether oxygens (including phenoxy) is 1. The molecule has 0 aromatic heterocycles. The van der Waals surface area contributed by atoms with Crippen LogP contribution in [0, 0.1) is 0 Å². The summed E-state index contributed by atoms with van der Waals surface area (Å²) in [6.45, 7) is 2.83. The highest BCUT2D eigenvalue weighted by Gasteiger charge is 2.31. The van der Waals surface area contributed by atoms with Gasteiger partial charge in [-0.2, -0.15) is 13.2 Å². The third-order valence-electron chi connectivity index (χ3n) is 3.98. The Balaban J connectivity index is 2.15. The molecule has 0 radical (unpaired) electrons. The van der Waals surface area contributed by atoms with E-state index in [1.54, 1.807) is 6.07 Å². The summed E-state index contributed by atoms with van der Waals surface area (Å²) in [5.41, 5.74) is 5.90. The van der Waals surface area contributed by atoms with Crippen molar-refractivity contribution >= 4 is 5.96 Å². The number of halogens is 3. The zero-order valence-electron chi connectivity index (χ0n) is 13.9. The number of guanidine groups is 1. The molecule has 1 aromatic rings. The van der Waals surface area contributed by atoms with Crippen LogP contribution in [0.2, 0.25) is 0 Å². The first-order valence-electron chi connectivity index (χ1n) is 7.75. The molecule has 1 saturated heterocycles. The van der Waals surface area contributed by atoms with Crippen LogP contribution in [0.3, 0.4) is 0 Å². The first kappa shape index (κ1) is 18.5. The Morgan fingerprint density at radius 1 is 1.33 bits per heavy atom. The van der Waals surface area contributed by atoms with E-state index in [0.717, 1.165) is 6.07 Å². The maximum Gasteiger partial charge on any atom is 0.416 e. The standard InChI is InChI=1S/C16H23F3N4O/c1-22(2)14(11-21-15(20)23-6-8-24-9-7-23)12-4-3-5-13(10-12)16(17,18)19/h3-5,10,14H,6-9,11H2,1-2H3,(H2,20,21)/t14-/m0/s1. The summed E-state index contributed by atoms with van der Waals surface area (Å²) in [6.07, 6.45) is -4.36. The first-order valence-corrected chi connectivity index (χ1v) is 7.75. The summed E-state index contributed by atoms with van der Waals surface area (Å²) in [4.78, 5) is 8.14. The molecule has 24 heavy (non-hydrogen) atoms. The van der Waals surface area contributed by atoms with Gasteiger partial charge in [-0.25, -0.2) is 0 Å². The van der Waals surface area contributed by atoms with E-state index >= 15 is 0 Å². The van der Waals surface area contributed by atoms with Gasteiger partial charge in [0.1, 0.15) is 0 Å². The van der Waals surface area contributed by atoms with Crippen molar-refractivity contribution in [3.8, 4) is 0 Å². The van der Waals surface area contributed by atoms with Crippen molar-refractivity contribution in [1.29, 1.82) is 0 Å². The molecule has 1 aromatic carbocycles. The number of aliphatic imine (C=N–C) groups is 1. The summed E-state index contributed by atoms with van der Waals surface area (Å²) < 4.78 is 44.0. The molecule has 0 amide bonds. The minimum absolute atomic E-state index is 0.285. The van der Waals surface area contributed by atoms with Gasteiger partial charge < -0.3 is 20.3 Å². The van der Waals surface area contributed by atoms with Gasteiger partial charge in [-0.05, 0) is 31.8 Å². The molecule has 2 N–H and O–H groups in total. The van der Waals surface area contributed by atoms with Crippen molar-refractivity contribution in [2.24, 2.45) is 10.7 Å². The minimum Gasteiger partial charge on any atom is -0.378 e. The van der Waals surface area contributed by atoms with Crippen molar-refractivity contribution in [3.05, 3.63) is 35.4 Å². The molecule has 5 nitrogen and oxygen atoms in total. The Morgan fingerprint density at radius 3 is 2.58 bits per heavy atom. The number of hydrogen-bond donors (Lipinski definition) is 1. The molecule has 1 aliphatic heterocycles. The maximum atomic E-state index is 12.9. The van der Waals surface area contributed by atoms with E-state index in [-0.39, 0.29) is 12.6 Å². The van der Waals surface area contributed by atoms with Crippen LogP contribution in [0.1, 0.15) is 17.2 Å². The van der Waals surface area contributed by atoms with Gasteiger partial charge >= 0.3 is 6.18 Å². The molecule has 134 valence electrons. The van der Waals surface area contributed by atoms with Gasteiger partial charge in [0.2, 0.25) is 0 Å². The van der Waals surface area contributed by atoms with Crippen LogP contribution in [0.4, 0.5) is 13.2 Å². The van der Waals surface area contributed by atoms with Crippen LogP contribution in [-0.4, -0.2) is 62.7 Å². The lowest BCUT2D eigenvalue weighted by Gasteiger charge is -2.29. The van der Waals surface area contributed by atoms with Gasteiger partial charge in [0.15, 0.2) is 5.96 Å². The molecule has 1 atom stereocenters. The molecule has 1 aliphatic rings. The van der Waals surface area contributed by atoms with Crippen LogP contribution in [0.5, 0.6) is 0 Å². The zero-order valence-corrected chi connectivity index (χ0v) is 13.9. The number of nitrogens with zero attached hydrogens (tertiary/aromatic N) is 3. The molecule has 2 rings (SSSR count). The number of likely N-dealkylation sites (N-methyl/N-ethyl adjacent to an activating group) is 1. The Bertz CT molecular complexity index is 569. The average molecular weight is 344 g/mol. The lowest BCUT2D eigenvalue weighted by Crippen LogP contribution is -2.45. The van der Waals surface area contributed by atoms with Crippen LogP contribution in [-0.2, 0) is 10.9 Å². The van der Waals surface area contributed by atoms with Crippen LogP contribution in [0.25, 0.3) is 0 Å². The monoisotopic (exact) mass is 344 g/mol. The van der Waals surface area contributed by atoms with Crippen molar-refractivity contribution < 1.29 is 17.9 Å². The zero-order chi connectivity index (χ0) is 17.7. The molecule has 1 heterocycles. The average Bonchev–Trinajstić information content (AvgIpc) is 2.55. The third-order valence-corrected chi connectivity index (χ3v) is 3.98. The number of benzene rings is 1. The Hall–Kier alpha value is -1.80. The lowest BCUT2D eigenvalue weighted by atomic mass is 10.0. The second kappa shape index (κ2) is 7.85. The topological polar surface area (TPSA) is 54.1 Å².